The van der Waals surface area contributed by atoms with E-state index in [9.17, 15) is 0 Å². The smallest absolute Gasteiger partial charge is 0.0471 e. The van der Waals surface area contributed by atoms with Crippen LogP contribution < -0.4 is 9.80 Å². The first kappa shape index (κ1) is 41.9. The summed E-state index contributed by atoms with van der Waals surface area (Å²) in [5.41, 5.74) is 21.3. The molecule has 324 valence electrons. The molecule has 0 saturated carbocycles. The van der Waals surface area contributed by atoms with Crippen LogP contribution in [0.4, 0.5) is 28.4 Å². The van der Waals surface area contributed by atoms with E-state index in [1.165, 1.54) is 66.9 Å². The predicted molar refractivity (Wildman–Crippen MR) is 289 cm³/mol. The molecule has 0 aliphatic heterocycles. The molecule has 0 atom stereocenters. The topological polar surface area (TPSA) is 6.48 Å². The molecule has 2 heteroatoms. The van der Waals surface area contributed by atoms with E-state index in [2.05, 4.69) is 289 Å². The number of para-hydroxylation sites is 1. The third-order valence-corrected chi connectivity index (χ3v) is 13.0. The van der Waals surface area contributed by atoms with Gasteiger partial charge in [0.2, 0.25) is 0 Å². The molecular formula is C66H50N2. The van der Waals surface area contributed by atoms with E-state index in [1.54, 1.807) is 0 Å². The number of benzene rings is 10. The predicted octanol–water partition coefficient (Wildman–Crippen LogP) is 18.4. The largest absolute Gasteiger partial charge is 0.314 e. The average Bonchev–Trinajstić information content (AvgIpc) is 3.43. The van der Waals surface area contributed by atoms with Gasteiger partial charge in [0.05, 0.1) is 0 Å². The third-order valence-electron chi connectivity index (χ3n) is 13.0. The summed E-state index contributed by atoms with van der Waals surface area (Å²) < 4.78 is 0. The van der Waals surface area contributed by atoms with Gasteiger partial charge in [-0.2, -0.15) is 0 Å². The Morgan fingerprint density at radius 3 is 0.985 bits per heavy atom. The summed E-state index contributed by atoms with van der Waals surface area (Å²) in [7, 11) is 0. The molecule has 0 aromatic heterocycles. The van der Waals surface area contributed by atoms with Crippen molar-refractivity contribution in [3.05, 3.63) is 290 Å². The highest BCUT2D eigenvalue weighted by atomic mass is 15.2. The van der Waals surface area contributed by atoms with Crippen molar-refractivity contribution in [3.8, 4) is 55.6 Å². The van der Waals surface area contributed by atoms with Crippen molar-refractivity contribution >= 4 is 34.0 Å². The molecule has 0 spiro atoms. The molecule has 10 aromatic carbocycles. The molecule has 0 saturated heterocycles. The number of allylic oxidation sites excluding steroid dienone is 4. The van der Waals surface area contributed by atoms with E-state index in [-0.39, 0.29) is 0 Å². The van der Waals surface area contributed by atoms with Crippen molar-refractivity contribution in [1.82, 2.24) is 0 Å². The third kappa shape index (κ3) is 8.84. The van der Waals surface area contributed by atoms with Gasteiger partial charge in [-0.05, 0) is 146 Å². The number of nitrogens with zero attached hydrogens (tertiary/aromatic N) is 2. The zero-order valence-corrected chi connectivity index (χ0v) is 37.9. The van der Waals surface area contributed by atoms with Crippen molar-refractivity contribution < 1.29 is 0 Å². The fourth-order valence-corrected chi connectivity index (χ4v) is 9.61. The van der Waals surface area contributed by atoms with E-state index in [0.717, 1.165) is 46.8 Å². The first-order chi connectivity index (χ1) is 33.7. The lowest BCUT2D eigenvalue weighted by atomic mass is 9.86. The van der Waals surface area contributed by atoms with Gasteiger partial charge in [-0.25, -0.2) is 0 Å². The van der Waals surface area contributed by atoms with E-state index in [1.807, 2.05) is 0 Å². The highest BCUT2D eigenvalue weighted by Crippen LogP contribution is 2.47. The summed E-state index contributed by atoms with van der Waals surface area (Å²) in [6.45, 7) is 0. The molecule has 0 N–H and O–H groups in total. The van der Waals surface area contributed by atoms with Crippen LogP contribution in [0.2, 0.25) is 0 Å². The molecule has 2 nitrogen and oxygen atoms in total. The maximum atomic E-state index is 2.49. The number of rotatable bonds is 12. The Bertz CT molecular complexity index is 3250. The molecule has 1 aliphatic rings. The fraction of sp³-hybridized carbons (Fsp3) is 0.0303. The number of anilines is 5. The number of hydrogen-bond donors (Lipinski definition) is 0. The Balaban J connectivity index is 1.07. The van der Waals surface area contributed by atoms with Crippen molar-refractivity contribution in [2.24, 2.45) is 0 Å². The Kier molecular flexibility index (Phi) is 12.0. The molecule has 0 unspecified atom stereocenters. The normalized spacial score (nSPS) is 12.2. The summed E-state index contributed by atoms with van der Waals surface area (Å²) in [5, 5.41) is 0. The van der Waals surface area contributed by atoms with Crippen LogP contribution in [0.3, 0.4) is 0 Å². The van der Waals surface area contributed by atoms with Crippen LogP contribution in [-0.2, 0) is 0 Å². The second-order valence-electron chi connectivity index (χ2n) is 17.2. The van der Waals surface area contributed by atoms with E-state index in [4.69, 9.17) is 0 Å². The van der Waals surface area contributed by atoms with Crippen LogP contribution in [0.25, 0.3) is 61.2 Å². The molecule has 0 heterocycles. The first-order valence-electron chi connectivity index (χ1n) is 23.5. The van der Waals surface area contributed by atoms with Crippen molar-refractivity contribution in [2.75, 3.05) is 9.80 Å². The van der Waals surface area contributed by atoms with Gasteiger partial charge in [-0.1, -0.05) is 212 Å². The molecule has 0 bridgehead atoms. The summed E-state index contributed by atoms with van der Waals surface area (Å²) >= 11 is 0. The van der Waals surface area contributed by atoms with Gasteiger partial charge >= 0.3 is 0 Å². The highest BCUT2D eigenvalue weighted by molar-refractivity contribution is 5.98. The summed E-state index contributed by atoms with van der Waals surface area (Å²) in [4.78, 5) is 4.83. The molecule has 68 heavy (non-hydrogen) atoms. The van der Waals surface area contributed by atoms with Gasteiger partial charge in [-0.3, -0.25) is 0 Å². The van der Waals surface area contributed by atoms with E-state index >= 15 is 0 Å². The van der Waals surface area contributed by atoms with Crippen LogP contribution in [0.1, 0.15) is 18.4 Å². The Labute approximate surface area is 400 Å². The maximum Gasteiger partial charge on any atom is 0.0471 e. The Morgan fingerprint density at radius 2 is 0.574 bits per heavy atom. The average molecular weight is 871 g/mol. The van der Waals surface area contributed by atoms with Gasteiger partial charge in [0, 0.05) is 34.1 Å². The minimum atomic E-state index is 0.901. The molecule has 0 amide bonds. The SMILES string of the molecule is C1=C(c2ccccc2)CCC(N(c2ccc(-c3ccccc3)cc2)c2cc(-c3ccccc3)c(-c3ccc(N(c4ccccc4)c4ccc(-c5ccccc5)cc4)cc3)c(-c3ccccc3)c2)=C1. The molecule has 0 fully saturated rings. The van der Waals surface area contributed by atoms with Crippen LogP contribution in [0.15, 0.2) is 285 Å². The Morgan fingerprint density at radius 1 is 0.235 bits per heavy atom. The van der Waals surface area contributed by atoms with Crippen molar-refractivity contribution in [3.63, 3.8) is 0 Å². The molecule has 10 aromatic rings. The quantitative estimate of drug-likeness (QED) is 0.121. The van der Waals surface area contributed by atoms with Crippen molar-refractivity contribution in [1.29, 1.82) is 0 Å². The lowest BCUT2D eigenvalue weighted by molar-refractivity contribution is 0.930. The standard InChI is InChI=1S/C66H50N2/c1-7-19-49(20-8-1)52-31-39-59(40-32-52)67(58-29-17-6-18-30-58)60-45-37-57(38-46-60)66-64(55-25-13-4-14-26-55)47-63(48-65(66)56-27-15-5-16-28-56)68(61-41-33-53(34-42-61)50-21-9-2-10-22-50)62-43-35-54(36-44-62)51-23-11-3-12-24-51/h1-35,37-43,45-48H,36,44H2. The maximum absolute atomic E-state index is 2.49. The monoisotopic (exact) mass is 870 g/mol. The Hall–Kier alpha value is -8.72. The zero-order valence-electron chi connectivity index (χ0n) is 37.9. The van der Waals surface area contributed by atoms with Crippen LogP contribution >= 0.6 is 0 Å². The van der Waals surface area contributed by atoms with Crippen molar-refractivity contribution in [2.45, 2.75) is 12.8 Å². The van der Waals surface area contributed by atoms with Gasteiger partial charge in [0.1, 0.15) is 0 Å². The molecule has 11 rings (SSSR count). The van der Waals surface area contributed by atoms with E-state index in [0.29, 0.717) is 0 Å². The van der Waals surface area contributed by atoms with Gasteiger partial charge in [-0.15, -0.1) is 0 Å². The summed E-state index contributed by atoms with van der Waals surface area (Å²) in [6.07, 6.45) is 6.51. The first-order valence-corrected chi connectivity index (χ1v) is 23.5. The summed E-state index contributed by atoms with van der Waals surface area (Å²) in [6, 6.07) is 96.4. The second-order valence-corrected chi connectivity index (χ2v) is 17.2. The summed E-state index contributed by atoms with van der Waals surface area (Å²) in [5.74, 6) is 0. The van der Waals surface area contributed by atoms with Gasteiger partial charge < -0.3 is 9.80 Å². The fourth-order valence-electron chi connectivity index (χ4n) is 9.61. The van der Waals surface area contributed by atoms with Crippen LogP contribution in [0, 0.1) is 0 Å². The second kappa shape index (κ2) is 19.4. The lowest BCUT2D eigenvalue weighted by Gasteiger charge is -2.32. The molecule has 1 aliphatic carbocycles. The molecule has 0 radical (unpaired) electrons. The van der Waals surface area contributed by atoms with Crippen LogP contribution in [-0.4, -0.2) is 0 Å². The van der Waals surface area contributed by atoms with Gasteiger partial charge in [0.15, 0.2) is 0 Å². The minimum absolute atomic E-state index is 0.901. The number of hydrogen-bond acceptors (Lipinski definition) is 2. The molecular weight excluding hydrogens is 821 g/mol. The minimum Gasteiger partial charge on any atom is -0.314 e. The van der Waals surface area contributed by atoms with Gasteiger partial charge in [0.25, 0.3) is 0 Å². The van der Waals surface area contributed by atoms with Crippen LogP contribution in [0.5, 0.6) is 0 Å². The van der Waals surface area contributed by atoms with E-state index < -0.39 is 0 Å². The zero-order chi connectivity index (χ0) is 45.5. The lowest BCUT2D eigenvalue weighted by Crippen LogP contribution is -2.18. The highest BCUT2D eigenvalue weighted by Gasteiger charge is 2.24.